The zero-order chi connectivity index (χ0) is 21.3. The van der Waals surface area contributed by atoms with E-state index in [4.69, 9.17) is 4.74 Å². The summed E-state index contributed by atoms with van der Waals surface area (Å²) in [4.78, 5) is 2.55. The first kappa shape index (κ1) is 21.2. The number of rotatable bonds is 1. The van der Waals surface area contributed by atoms with Gasteiger partial charge in [-0.1, -0.05) is 13.8 Å². The van der Waals surface area contributed by atoms with Gasteiger partial charge in [0.15, 0.2) is 0 Å². The molecular formula is C26H42N2O2. The van der Waals surface area contributed by atoms with Gasteiger partial charge in [0.2, 0.25) is 0 Å². The summed E-state index contributed by atoms with van der Waals surface area (Å²) in [6, 6.07) is 2.95. The molecule has 5 aliphatic rings. The quantitative estimate of drug-likeness (QED) is 0.680. The van der Waals surface area contributed by atoms with Crippen molar-refractivity contribution < 1.29 is 9.84 Å². The van der Waals surface area contributed by atoms with E-state index in [1.807, 2.05) is 0 Å². The molecule has 0 amide bonds. The second-order valence-corrected chi connectivity index (χ2v) is 12.6. The van der Waals surface area contributed by atoms with E-state index in [1.165, 1.54) is 32.1 Å². The maximum absolute atomic E-state index is 11.2. The smallest absolute Gasteiger partial charge is 0.0753 e. The van der Waals surface area contributed by atoms with Crippen LogP contribution in [0.4, 0.5) is 0 Å². The predicted molar refractivity (Wildman–Crippen MR) is 118 cm³/mol. The van der Waals surface area contributed by atoms with E-state index in [-0.39, 0.29) is 29.1 Å². The minimum atomic E-state index is -0.197. The molecule has 168 valence electrons. The van der Waals surface area contributed by atoms with Crippen LogP contribution in [0.1, 0.15) is 79.1 Å². The highest BCUT2D eigenvalue weighted by Crippen LogP contribution is 2.67. The van der Waals surface area contributed by atoms with Crippen molar-refractivity contribution in [3.05, 3.63) is 0 Å². The average Bonchev–Trinajstić information content (AvgIpc) is 3.03. The lowest BCUT2D eigenvalue weighted by Gasteiger charge is -2.62. The minimum Gasteiger partial charge on any atom is -0.391 e. The molecule has 9 atom stereocenters. The molecule has 1 aliphatic heterocycles. The van der Waals surface area contributed by atoms with Crippen LogP contribution >= 0.6 is 0 Å². The summed E-state index contributed by atoms with van der Waals surface area (Å²) in [6.45, 7) is 12.0. The summed E-state index contributed by atoms with van der Waals surface area (Å²) in [7, 11) is 0. The number of aliphatic hydroxyl groups excluding tert-OH is 1. The Bertz CT molecular complexity index is 716. The fourth-order valence-electron chi connectivity index (χ4n) is 9.20. The first-order valence-corrected chi connectivity index (χ1v) is 12.6. The third kappa shape index (κ3) is 3.10. The van der Waals surface area contributed by atoms with E-state index >= 15 is 0 Å². The number of nitriles is 1. The average molecular weight is 415 g/mol. The lowest BCUT2D eigenvalue weighted by molar-refractivity contribution is -0.167. The van der Waals surface area contributed by atoms with Gasteiger partial charge in [-0.2, -0.15) is 5.26 Å². The Balaban J connectivity index is 1.40. The Morgan fingerprint density at radius 3 is 2.50 bits per heavy atom. The molecule has 0 aromatic heterocycles. The highest BCUT2D eigenvalue weighted by Gasteiger charge is 2.61. The monoisotopic (exact) mass is 414 g/mol. The van der Waals surface area contributed by atoms with E-state index in [9.17, 15) is 10.4 Å². The highest BCUT2D eigenvalue weighted by molar-refractivity contribution is 5.13. The standard InChI is InChI=1S/C26H42N2O2/c1-24(2)16-28(11-12-30-24)22-14-26(4)17(13-23(22)29)5-7-19-20-8-6-18(15-27)25(20,3)10-9-21(19)26/h17-23,29H,5-14,16H2,1-4H3/t17-,18+,19-,20-,21-,22-,23-,25+,26-/m0/s1. The molecule has 5 fully saturated rings. The zero-order valence-corrected chi connectivity index (χ0v) is 19.6. The van der Waals surface area contributed by atoms with Gasteiger partial charge in [0.05, 0.1) is 30.3 Å². The van der Waals surface area contributed by atoms with Gasteiger partial charge in [-0.05, 0) is 99.7 Å². The molecule has 1 heterocycles. The van der Waals surface area contributed by atoms with Crippen LogP contribution < -0.4 is 0 Å². The molecule has 1 N–H and O–H groups in total. The molecule has 30 heavy (non-hydrogen) atoms. The summed E-state index contributed by atoms with van der Waals surface area (Å²) >= 11 is 0. The van der Waals surface area contributed by atoms with E-state index in [1.54, 1.807) is 0 Å². The number of aliphatic hydroxyl groups is 1. The van der Waals surface area contributed by atoms with Gasteiger partial charge in [0.1, 0.15) is 0 Å². The summed E-state index contributed by atoms with van der Waals surface area (Å²) in [6.07, 6.45) is 9.43. The third-order valence-electron chi connectivity index (χ3n) is 10.8. The van der Waals surface area contributed by atoms with Crippen molar-refractivity contribution in [2.75, 3.05) is 19.7 Å². The van der Waals surface area contributed by atoms with Gasteiger partial charge in [-0.15, -0.1) is 0 Å². The topological polar surface area (TPSA) is 56.5 Å². The van der Waals surface area contributed by atoms with Crippen molar-refractivity contribution >= 4 is 0 Å². The van der Waals surface area contributed by atoms with Gasteiger partial charge in [0, 0.05) is 19.1 Å². The molecule has 0 unspecified atom stereocenters. The first-order valence-electron chi connectivity index (χ1n) is 12.6. The molecule has 4 saturated carbocycles. The Kier molecular flexibility index (Phi) is 5.09. The lowest BCUT2D eigenvalue weighted by atomic mass is 9.44. The van der Waals surface area contributed by atoms with E-state index in [2.05, 4.69) is 38.7 Å². The van der Waals surface area contributed by atoms with Crippen LogP contribution in [0.15, 0.2) is 0 Å². The van der Waals surface area contributed by atoms with Crippen LogP contribution in [-0.2, 0) is 4.74 Å². The molecule has 0 aromatic rings. The van der Waals surface area contributed by atoms with E-state index in [0.717, 1.165) is 56.7 Å². The first-order chi connectivity index (χ1) is 14.2. The highest BCUT2D eigenvalue weighted by atomic mass is 16.5. The van der Waals surface area contributed by atoms with Crippen LogP contribution in [0.5, 0.6) is 0 Å². The zero-order valence-electron chi connectivity index (χ0n) is 19.6. The Morgan fingerprint density at radius 2 is 1.77 bits per heavy atom. The number of hydrogen-bond acceptors (Lipinski definition) is 4. The molecule has 4 nitrogen and oxygen atoms in total. The number of nitrogens with zero attached hydrogens (tertiary/aromatic N) is 2. The molecule has 4 heteroatoms. The van der Waals surface area contributed by atoms with Crippen molar-refractivity contribution in [3.63, 3.8) is 0 Å². The Hall–Kier alpha value is -0.630. The van der Waals surface area contributed by atoms with Gasteiger partial charge in [-0.3, -0.25) is 4.90 Å². The van der Waals surface area contributed by atoms with Gasteiger partial charge in [-0.25, -0.2) is 0 Å². The van der Waals surface area contributed by atoms with Crippen LogP contribution in [0.25, 0.3) is 0 Å². The summed E-state index contributed by atoms with van der Waals surface area (Å²) in [5.74, 6) is 3.24. The fourth-order valence-corrected chi connectivity index (χ4v) is 9.20. The van der Waals surface area contributed by atoms with E-state index < -0.39 is 0 Å². The number of morpholine rings is 1. The lowest BCUT2D eigenvalue weighted by Crippen LogP contribution is -2.62. The normalized spacial score (nSPS) is 53.3. The van der Waals surface area contributed by atoms with Crippen molar-refractivity contribution in [1.29, 1.82) is 5.26 Å². The molecule has 0 aromatic carbocycles. The Labute approximate surface area is 183 Å². The summed E-state index contributed by atoms with van der Waals surface area (Å²) < 4.78 is 5.97. The van der Waals surface area contributed by atoms with Crippen molar-refractivity contribution in [3.8, 4) is 6.07 Å². The van der Waals surface area contributed by atoms with Gasteiger partial charge in [0.25, 0.3) is 0 Å². The van der Waals surface area contributed by atoms with Crippen LogP contribution in [-0.4, -0.2) is 47.4 Å². The SMILES string of the molecule is CC1(C)CN([C@H]2C[C@@]3(C)[C@@H](CC[C@@H]4[C@@H]3CC[C@]3(C)[C@@H](C#N)CC[C@@H]43)C[C@@H]2O)CCO1. The van der Waals surface area contributed by atoms with Crippen molar-refractivity contribution in [1.82, 2.24) is 4.90 Å². The predicted octanol–water partition coefficient (Wildman–Crippen LogP) is 4.62. The number of hydrogen-bond donors (Lipinski definition) is 1. The summed E-state index contributed by atoms with van der Waals surface area (Å²) in [5, 5.41) is 20.9. The van der Waals surface area contributed by atoms with Crippen molar-refractivity contribution in [2.24, 2.45) is 40.4 Å². The van der Waals surface area contributed by atoms with Gasteiger partial charge >= 0.3 is 0 Å². The molecule has 1 saturated heterocycles. The maximum atomic E-state index is 11.2. The van der Waals surface area contributed by atoms with Crippen LogP contribution in [0, 0.1) is 51.8 Å². The van der Waals surface area contributed by atoms with E-state index in [0.29, 0.717) is 11.3 Å². The van der Waals surface area contributed by atoms with Crippen LogP contribution in [0.2, 0.25) is 0 Å². The van der Waals surface area contributed by atoms with Gasteiger partial charge < -0.3 is 9.84 Å². The summed E-state index contributed by atoms with van der Waals surface area (Å²) in [5.41, 5.74) is 0.468. The second kappa shape index (κ2) is 7.19. The molecule has 0 radical (unpaired) electrons. The maximum Gasteiger partial charge on any atom is 0.0753 e. The fraction of sp³-hybridized carbons (Fsp3) is 0.962. The van der Waals surface area contributed by atoms with Crippen LogP contribution in [0.3, 0.4) is 0 Å². The minimum absolute atomic E-state index is 0.117. The number of ether oxygens (including phenoxy) is 1. The molecule has 5 rings (SSSR count). The number of fused-ring (bicyclic) bond motifs is 5. The molecule has 0 bridgehead atoms. The van der Waals surface area contributed by atoms with Crippen molar-refractivity contribution in [2.45, 2.75) is 96.8 Å². The Morgan fingerprint density at radius 1 is 1.00 bits per heavy atom. The third-order valence-corrected chi connectivity index (χ3v) is 10.8. The molecule has 4 aliphatic carbocycles. The second-order valence-electron chi connectivity index (χ2n) is 12.6. The molecular weight excluding hydrogens is 372 g/mol. The largest absolute Gasteiger partial charge is 0.391 e. The molecule has 0 spiro atoms.